The monoisotopic (exact) mass is 324 g/mol. The summed E-state index contributed by atoms with van der Waals surface area (Å²) in [6.45, 7) is 14.9. The highest BCUT2D eigenvalue weighted by Gasteiger charge is 2.28. The standard InChI is InChI=1S/C10H19NO.C9H17NO/c1-10(2,3)7-8-5-4-6-11-9(8)12;1-9(2,3)6-7-4-5-10-8(7)11/h8H,4-7H2,1-3H3,(H,11,12);7H,4-6H2,1-3H3,(H,10,11). The van der Waals surface area contributed by atoms with Crippen LogP contribution in [-0.2, 0) is 9.59 Å². The Labute approximate surface area is 142 Å². The maximum Gasteiger partial charge on any atom is 0.223 e. The molecule has 2 rings (SSSR count). The molecular weight excluding hydrogens is 288 g/mol. The lowest BCUT2D eigenvalue weighted by molar-refractivity contribution is -0.127. The maximum absolute atomic E-state index is 11.4. The predicted octanol–water partition coefficient (Wildman–Crippen LogP) is 3.51. The molecule has 2 aliphatic rings. The fraction of sp³-hybridized carbons (Fsp3) is 0.895. The van der Waals surface area contributed by atoms with Crippen molar-refractivity contribution in [3.05, 3.63) is 0 Å². The predicted molar refractivity (Wildman–Crippen MR) is 95.0 cm³/mol. The molecule has 0 aromatic heterocycles. The van der Waals surface area contributed by atoms with Gasteiger partial charge < -0.3 is 10.6 Å². The van der Waals surface area contributed by atoms with Crippen molar-refractivity contribution in [2.24, 2.45) is 22.7 Å². The summed E-state index contributed by atoms with van der Waals surface area (Å²) >= 11 is 0. The second-order valence-electron chi connectivity index (χ2n) is 9.44. The van der Waals surface area contributed by atoms with Gasteiger partial charge in [-0.2, -0.15) is 0 Å². The minimum atomic E-state index is 0.250. The van der Waals surface area contributed by atoms with Crippen molar-refractivity contribution in [1.29, 1.82) is 0 Å². The Morgan fingerprint density at radius 1 is 0.783 bits per heavy atom. The Balaban J connectivity index is 0.000000231. The van der Waals surface area contributed by atoms with Gasteiger partial charge in [0.25, 0.3) is 0 Å². The van der Waals surface area contributed by atoms with E-state index >= 15 is 0 Å². The third kappa shape index (κ3) is 8.38. The van der Waals surface area contributed by atoms with Crippen molar-refractivity contribution >= 4 is 11.8 Å². The van der Waals surface area contributed by atoms with Crippen LogP contribution in [0.25, 0.3) is 0 Å². The van der Waals surface area contributed by atoms with Crippen molar-refractivity contribution in [3.63, 3.8) is 0 Å². The normalized spacial score (nSPS) is 25.3. The summed E-state index contributed by atoms with van der Waals surface area (Å²) in [6, 6.07) is 0. The van der Waals surface area contributed by atoms with Gasteiger partial charge in [0.05, 0.1) is 0 Å². The number of nitrogens with one attached hydrogen (secondary N) is 2. The van der Waals surface area contributed by atoms with Crippen LogP contribution in [0.5, 0.6) is 0 Å². The number of hydrogen-bond donors (Lipinski definition) is 2. The minimum Gasteiger partial charge on any atom is -0.356 e. The molecule has 0 saturated carbocycles. The molecule has 2 saturated heterocycles. The van der Waals surface area contributed by atoms with Gasteiger partial charge in [0.1, 0.15) is 0 Å². The SMILES string of the molecule is CC(C)(C)CC1CCCNC1=O.CC(C)(C)CC1CCNC1=O. The third-order valence-electron chi connectivity index (χ3n) is 4.28. The van der Waals surface area contributed by atoms with E-state index in [9.17, 15) is 9.59 Å². The van der Waals surface area contributed by atoms with Crippen molar-refractivity contribution < 1.29 is 9.59 Å². The quantitative estimate of drug-likeness (QED) is 0.816. The zero-order valence-corrected chi connectivity index (χ0v) is 15.9. The Morgan fingerprint density at radius 3 is 1.61 bits per heavy atom. The van der Waals surface area contributed by atoms with Crippen LogP contribution in [0.1, 0.15) is 73.6 Å². The number of carbonyl (C=O) groups excluding carboxylic acids is 2. The lowest BCUT2D eigenvalue weighted by Gasteiger charge is -2.28. The summed E-state index contributed by atoms with van der Waals surface area (Å²) in [5.41, 5.74) is 0.561. The number of piperidine rings is 1. The zero-order chi connectivity index (χ0) is 17.7. The van der Waals surface area contributed by atoms with Gasteiger partial charge in [-0.15, -0.1) is 0 Å². The average molecular weight is 325 g/mol. The highest BCUT2D eigenvalue weighted by molar-refractivity contribution is 5.80. The molecule has 2 heterocycles. The summed E-state index contributed by atoms with van der Waals surface area (Å²) in [4.78, 5) is 22.5. The molecule has 4 heteroatoms. The van der Waals surface area contributed by atoms with Crippen LogP contribution in [-0.4, -0.2) is 24.9 Å². The number of rotatable bonds is 2. The zero-order valence-electron chi connectivity index (χ0n) is 15.9. The van der Waals surface area contributed by atoms with Crippen molar-refractivity contribution in [2.45, 2.75) is 73.6 Å². The minimum absolute atomic E-state index is 0.250. The topological polar surface area (TPSA) is 58.2 Å². The Kier molecular flexibility index (Phi) is 7.09. The molecule has 4 nitrogen and oxygen atoms in total. The molecule has 0 bridgehead atoms. The van der Waals surface area contributed by atoms with Gasteiger partial charge in [0.15, 0.2) is 0 Å². The highest BCUT2D eigenvalue weighted by Crippen LogP contribution is 2.29. The fourth-order valence-corrected chi connectivity index (χ4v) is 3.35. The van der Waals surface area contributed by atoms with E-state index < -0.39 is 0 Å². The first-order valence-corrected chi connectivity index (χ1v) is 9.03. The molecule has 2 N–H and O–H groups in total. The van der Waals surface area contributed by atoms with Crippen LogP contribution in [0.3, 0.4) is 0 Å². The second kappa shape index (κ2) is 8.16. The largest absolute Gasteiger partial charge is 0.356 e. The second-order valence-corrected chi connectivity index (χ2v) is 9.44. The van der Waals surface area contributed by atoms with Gasteiger partial charge in [-0.25, -0.2) is 0 Å². The fourth-order valence-electron chi connectivity index (χ4n) is 3.35. The molecule has 2 fully saturated rings. The molecule has 2 amide bonds. The van der Waals surface area contributed by atoms with Gasteiger partial charge >= 0.3 is 0 Å². The molecular formula is C19H36N2O2. The summed E-state index contributed by atoms with van der Waals surface area (Å²) in [5.74, 6) is 1.05. The van der Waals surface area contributed by atoms with Crippen LogP contribution in [0.4, 0.5) is 0 Å². The summed E-state index contributed by atoms with van der Waals surface area (Å²) < 4.78 is 0. The van der Waals surface area contributed by atoms with Crippen LogP contribution in [0.15, 0.2) is 0 Å². The van der Waals surface area contributed by atoms with Crippen LogP contribution < -0.4 is 10.6 Å². The molecule has 2 aliphatic heterocycles. The highest BCUT2D eigenvalue weighted by atomic mass is 16.2. The average Bonchev–Trinajstić information content (AvgIpc) is 2.75. The molecule has 0 aromatic rings. The van der Waals surface area contributed by atoms with Crippen molar-refractivity contribution in [3.8, 4) is 0 Å². The van der Waals surface area contributed by atoms with Crippen LogP contribution in [0.2, 0.25) is 0 Å². The van der Waals surface area contributed by atoms with Crippen molar-refractivity contribution in [1.82, 2.24) is 10.6 Å². The van der Waals surface area contributed by atoms with Gasteiger partial charge in [-0.1, -0.05) is 41.5 Å². The first-order chi connectivity index (χ1) is 10.5. The molecule has 0 spiro atoms. The number of amides is 2. The van der Waals surface area contributed by atoms with Crippen LogP contribution >= 0.6 is 0 Å². The van der Waals surface area contributed by atoms with E-state index in [2.05, 4.69) is 52.2 Å². The summed E-state index contributed by atoms with van der Waals surface area (Å²) in [5, 5.41) is 5.77. The van der Waals surface area contributed by atoms with E-state index in [4.69, 9.17) is 0 Å². The Bertz CT molecular complexity index is 405. The Morgan fingerprint density at radius 2 is 1.22 bits per heavy atom. The van der Waals surface area contributed by atoms with E-state index in [0.29, 0.717) is 0 Å². The number of carbonyl (C=O) groups is 2. The van der Waals surface area contributed by atoms with Gasteiger partial charge in [0, 0.05) is 24.9 Å². The number of hydrogen-bond acceptors (Lipinski definition) is 2. The van der Waals surface area contributed by atoms with E-state index in [1.165, 1.54) is 0 Å². The molecule has 0 radical (unpaired) electrons. The molecule has 23 heavy (non-hydrogen) atoms. The lowest BCUT2D eigenvalue weighted by atomic mass is 9.81. The van der Waals surface area contributed by atoms with Gasteiger partial charge in [-0.3, -0.25) is 9.59 Å². The van der Waals surface area contributed by atoms with E-state index in [1.54, 1.807) is 0 Å². The van der Waals surface area contributed by atoms with Crippen LogP contribution in [0, 0.1) is 22.7 Å². The Hall–Kier alpha value is -1.06. The van der Waals surface area contributed by atoms with E-state index in [0.717, 1.165) is 45.2 Å². The molecule has 2 atom stereocenters. The lowest BCUT2D eigenvalue weighted by Crippen LogP contribution is -2.38. The van der Waals surface area contributed by atoms with Crippen molar-refractivity contribution in [2.75, 3.05) is 13.1 Å². The third-order valence-corrected chi connectivity index (χ3v) is 4.28. The molecule has 134 valence electrons. The molecule has 0 aliphatic carbocycles. The van der Waals surface area contributed by atoms with Gasteiger partial charge in [0.2, 0.25) is 11.8 Å². The molecule has 2 unspecified atom stereocenters. The van der Waals surface area contributed by atoms with E-state index in [1.807, 2.05) is 0 Å². The summed E-state index contributed by atoms with van der Waals surface area (Å²) in [7, 11) is 0. The molecule has 0 aromatic carbocycles. The smallest absolute Gasteiger partial charge is 0.223 e. The first-order valence-electron chi connectivity index (χ1n) is 9.03. The maximum atomic E-state index is 11.4. The van der Waals surface area contributed by atoms with Gasteiger partial charge in [-0.05, 0) is 42.9 Å². The van der Waals surface area contributed by atoms with E-state index in [-0.39, 0.29) is 34.5 Å². The first kappa shape index (κ1) is 20.0. The summed E-state index contributed by atoms with van der Waals surface area (Å²) in [6.07, 6.45) is 5.27.